The topological polar surface area (TPSA) is 71.6 Å². The fourth-order valence-corrected chi connectivity index (χ4v) is 3.73. The van der Waals surface area contributed by atoms with Crippen molar-refractivity contribution in [1.82, 2.24) is 9.88 Å². The molecule has 0 radical (unpaired) electrons. The van der Waals surface area contributed by atoms with Gasteiger partial charge in [-0.15, -0.1) is 0 Å². The fourth-order valence-electron chi connectivity index (χ4n) is 3.73. The number of H-pyrrole nitrogens is 1. The largest absolute Gasteiger partial charge is 0.497 e. The van der Waals surface area contributed by atoms with Crippen LogP contribution in [0.25, 0.3) is 10.9 Å². The highest BCUT2D eigenvalue weighted by atomic mass is 16.5. The second-order valence-electron chi connectivity index (χ2n) is 6.87. The van der Waals surface area contributed by atoms with Crippen molar-refractivity contribution in [2.24, 2.45) is 5.92 Å². The van der Waals surface area contributed by atoms with Gasteiger partial charge in [0.05, 0.1) is 20.3 Å². The molecular formula is C19H24N2O4. The lowest BCUT2D eigenvalue weighted by atomic mass is 9.88. The maximum absolute atomic E-state index is 12.3. The summed E-state index contributed by atoms with van der Waals surface area (Å²) in [6.07, 6.45) is 1.98. The zero-order chi connectivity index (χ0) is 18.1. The molecule has 25 heavy (non-hydrogen) atoms. The van der Waals surface area contributed by atoms with Gasteiger partial charge in [-0.25, -0.2) is 4.79 Å². The average molecular weight is 344 g/mol. The first-order valence-corrected chi connectivity index (χ1v) is 8.49. The monoisotopic (exact) mass is 344 g/mol. The van der Waals surface area contributed by atoms with Gasteiger partial charge in [-0.3, -0.25) is 4.79 Å². The van der Waals surface area contributed by atoms with Crippen LogP contribution in [0.3, 0.4) is 0 Å². The maximum atomic E-state index is 12.3. The summed E-state index contributed by atoms with van der Waals surface area (Å²) < 4.78 is 10.2. The Bertz CT molecular complexity index is 796. The predicted octanol–water partition coefficient (Wildman–Crippen LogP) is 2.82. The van der Waals surface area contributed by atoms with Crippen molar-refractivity contribution >= 4 is 23.3 Å². The number of esters is 1. The second kappa shape index (κ2) is 6.78. The first kappa shape index (κ1) is 17.3. The summed E-state index contributed by atoms with van der Waals surface area (Å²) in [7, 11) is 2.99. The number of methoxy groups -OCH3 is 2. The van der Waals surface area contributed by atoms with Crippen molar-refractivity contribution in [3.05, 3.63) is 29.5 Å². The third-order valence-corrected chi connectivity index (χ3v) is 4.89. The Balaban J connectivity index is 2.16. The quantitative estimate of drug-likeness (QED) is 0.669. The van der Waals surface area contributed by atoms with Gasteiger partial charge in [0.15, 0.2) is 0 Å². The van der Waals surface area contributed by atoms with E-state index in [0.29, 0.717) is 12.3 Å². The number of nitrogens with zero attached hydrogens (tertiary/aromatic N) is 1. The van der Waals surface area contributed by atoms with E-state index in [-0.39, 0.29) is 12.0 Å². The van der Waals surface area contributed by atoms with E-state index in [1.54, 1.807) is 12.0 Å². The van der Waals surface area contributed by atoms with Crippen molar-refractivity contribution in [1.29, 1.82) is 0 Å². The minimum absolute atomic E-state index is 0.177. The number of aromatic amines is 1. The third-order valence-electron chi connectivity index (χ3n) is 4.89. The molecule has 2 heterocycles. The second-order valence-corrected chi connectivity index (χ2v) is 6.87. The number of fused-ring (bicyclic) bond motifs is 3. The fraction of sp³-hybridized carbons (Fsp3) is 0.474. The van der Waals surface area contributed by atoms with E-state index in [1.165, 1.54) is 7.11 Å². The van der Waals surface area contributed by atoms with Crippen molar-refractivity contribution in [2.75, 3.05) is 14.2 Å². The van der Waals surface area contributed by atoms with E-state index in [2.05, 4.69) is 18.8 Å². The smallest absolute Gasteiger partial charge is 0.328 e. The first-order valence-electron chi connectivity index (χ1n) is 8.49. The molecule has 2 unspecified atom stereocenters. The number of carbonyl (C=O) groups excluding carboxylic acids is 2. The van der Waals surface area contributed by atoms with E-state index in [9.17, 15) is 9.59 Å². The van der Waals surface area contributed by atoms with Gasteiger partial charge in [0.25, 0.3) is 0 Å². The van der Waals surface area contributed by atoms with Crippen molar-refractivity contribution in [3.8, 4) is 5.75 Å². The Morgan fingerprint density at radius 1 is 1.40 bits per heavy atom. The number of amides is 1. The molecule has 0 bridgehead atoms. The van der Waals surface area contributed by atoms with Crippen LogP contribution in [0.15, 0.2) is 18.2 Å². The number of hydrogen-bond donors (Lipinski definition) is 1. The van der Waals surface area contributed by atoms with E-state index in [4.69, 9.17) is 9.47 Å². The molecule has 0 spiro atoms. The normalized spacial score (nSPS) is 19.8. The van der Waals surface area contributed by atoms with Crippen LogP contribution < -0.4 is 4.74 Å². The molecule has 2 aromatic rings. The van der Waals surface area contributed by atoms with Gasteiger partial charge >= 0.3 is 5.97 Å². The van der Waals surface area contributed by atoms with Crippen LogP contribution in [0.5, 0.6) is 5.75 Å². The van der Waals surface area contributed by atoms with Gasteiger partial charge < -0.3 is 19.4 Å². The zero-order valence-electron chi connectivity index (χ0n) is 15.0. The van der Waals surface area contributed by atoms with Crippen molar-refractivity contribution < 1.29 is 19.1 Å². The van der Waals surface area contributed by atoms with E-state index in [1.807, 2.05) is 18.2 Å². The van der Waals surface area contributed by atoms with Gasteiger partial charge in [0, 0.05) is 29.1 Å². The predicted molar refractivity (Wildman–Crippen MR) is 94.5 cm³/mol. The van der Waals surface area contributed by atoms with Gasteiger partial charge in [0.2, 0.25) is 6.41 Å². The van der Waals surface area contributed by atoms with E-state index in [0.717, 1.165) is 40.7 Å². The van der Waals surface area contributed by atoms with E-state index < -0.39 is 6.04 Å². The number of benzene rings is 1. The highest BCUT2D eigenvalue weighted by molar-refractivity contribution is 5.89. The molecule has 6 heteroatoms. The summed E-state index contributed by atoms with van der Waals surface area (Å²) in [4.78, 5) is 29.1. The maximum Gasteiger partial charge on any atom is 0.328 e. The minimum Gasteiger partial charge on any atom is -0.497 e. The summed E-state index contributed by atoms with van der Waals surface area (Å²) >= 11 is 0. The molecule has 1 amide bonds. The first-order chi connectivity index (χ1) is 12.0. The Morgan fingerprint density at radius 2 is 2.16 bits per heavy atom. The summed E-state index contributed by atoms with van der Waals surface area (Å²) in [5.41, 5.74) is 3.04. The standard InChI is InChI=1S/C19H24N2O4/c1-11(2)7-16-18-14(9-17(19(23)25-4)21(16)10-22)13-6-5-12(24-3)8-15(13)20-18/h5-6,8,10-11,16-17,20H,7,9H2,1-4H3. The molecule has 1 aromatic heterocycles. The van der Waals surface area contributed by atoms with Crippen LogP contribution in [0.4, 0.5) is 0 Å². The number of hydrogen-bond acceptors (Lipinski definition) is 4. The highest BCUT2D eigenvalue weighted by Crippen LogP contribution is 2.40. The van der Waals surface area contributed by atoms with Crippen LogP contribution in [0.2, 0.25) is 0 Å². The summed E-state index contributed by atoms with van der Waals surface area (Å²) in [6, 6.07) is 5.08. The number of nitrogens with one attached hydrogen (secondary N) is 1. The SMILES string of the molecule is COC(=O)C1Cc2c([nH]c3cc(OC)ccc23)C(CC(C)C)N1C=O. The lowest BCUT2D eigenvalue weighted by Gasteiger charge is -2.38. The van der Waals surface area contributed by atoms with Gasteiger partial charge in [-0.05, 0) is 30.0 Å². The van der Waals surface area contributed by atoms with Crippen molar-refractivity contribution in [2.45, 2.75) is 38.8 Å². The summed E-state index contributed by atoms with van der Waals surface area (Å²) in [6.45, 7) is 4.21. The number of carbonyl (C=O) groups is 2. The lowest BCUT2D eigenvalue weighted by Crippen LogP contribution is -2.48. The lowest BCUT2D eigenvalue weighted by molar-refractivity contribution is -0.152. The summed E-state index contributed by atoms with van der Waals surface area (Å²) in [5, 5.41) is 1.06. The number of aromatic nitrogens is 1. The summed E-state index contributed by atoms with van der Waals surface area (Å²) in [5.74, 6) is 0.760. The van der Waals surface area contributed by atoms with Crippen LogP contribution in [0, 0.1) is 5.92 Å². The molecule has 1 aliphatic rings. The molecule has 6 nitrogen and oxygen atoms in total. The average Bonchev–Trinajstić information content (AvgIpc) is 2.97. The molecular weight excluding hydrogens is 320 g/mol. The highest BCUT2D eigenvalue weighted by Gasteiger charge is 2.40. The molecule has 134 valence electrons. The third kappa shape index (κ3) is 2.97. The van der Waals surface area contributed by atoms with Crippen LogP contribution >= 0.6 is 0 Å². The Labute approximate surface area is 147 Å². The number of ether oxygens (including phenoxy) is 2. The Kier molecular flexibility index (Phi) is 4.70. The molecule has 0 saturated heterocycles. The molecule has 0 saturated carbocycles. The molecule has 3 rings (SSSR count). The van der Waals surface area contributed by atoms with Crippen LogP contribution in [-0.4, -0.2) is 42.5 Å². The molecule has 1 aliphatic heterocycles. The van der Waals surface area contributed by atoms with Crippen LogP contribution in [-0.2, 0) is 20.7 Å². The van der Waals surface area contributed by atoms with Gasteiger partial charge in [-0.1, -0.05) is 13.8 Å². The Hall–Kier alpha value is -2.50. The molecule has 1 N–H and O–H groups in total. The molecule has 1 aromatic carbocycles. The van der Waals surface area contributed by atoms with Crippen LogP contribution in [0.1, 0.15) is 37.6 Å². The number of rotatable bonds is 5. The molecule has 2 atom stereocenters. The van der Waals surface area contributed by atoms with Gasteiger partial charge in [0.1, 0.15) is 11.8 Å². The van der Waals surface area contributed by atoms with Gasteiger partial charge in [-0.2, -0.15) is 0 Å². The minimum atomic E-state index is -0.597. The molecule has 0 fully saturated rings. The zero-order valence-corrected chi connectivity index (χ0v) is 15.0. The van der Waals surface area contributed by atoms with E-state index >= 15 is 0 Å². The van der Waals surface area contributed by atoms with Crippen molar-refractivity contribution in [3.63, 3.8) is 0 Å². The molecule has 0 aliphatic carbocycles. The Morgan fingerprint density at radius 3 is 2.76 bits per heavy atom.